The van der Waals surface area contributed by atoms with Crippen molar-refractivity contribution < 1.29 is 9.18 Å². The Kier molecular flexibility index (Phi) is 6.19. The highest BCUT2D eigenvalue weighted by Gasteiger charge is 2.33. The minimum Gasteiger partial charge on any atom is -0.358 e. The van der Waals surface area contributed by atoms with Crippen LogP contribution in [0, 0.1) is 11.2 Å². The van der Waals surface area contributed by atoms with Crippen molar-refractivity contribution in [3.8, 4) is 0 Å². The van der Waals surface area contributed by atoms with Gasteiger partial charge in [-0.3, -0.25) is 13.9 Å². The Balaban J connectivity index is 1.59. The van der Waals surface area contributed by atoms with Gasteiger partial charge in [-0.15, -0.1) is 0 Å². The number of likely N-dealkylation sites (N-methyl/N-ethyl adjacent to an activating group) is 1. The molecule has 2 aliphatic rings. The van der Waals surface area contributed by atoms with Crippen LogP contribution in [-0.4, -0.2) is 46.1 Å². The highest BCUT2D eigenvalue weighted by Crippen LogP contribution is 2.38. The van der Waals surface area contributed by atoms with Gasteiger partial charge >= 0.3 is 5.69 Å². The Morgan fingerprint density at radius 2 is 1.77 bits per heavy atom. The molecule has 1 saturated carbocycles. The Morgan fingerprint density at radius 1 is 1.13 bits per heavy atom. The van der Waals surface area contributed by atoms with Crippen LogP contribution in [0.2, 0.25) is 5.02 Å². The van der Waals surface area contributed by atoms with E-state index in [-0.39, 0.29) is 29.2 Å². The van der Waals surface area contributed by atoms with E-state index in [4.69, 9.17) is 11.6 Å². The summed E-state index contributed by atoms with van der Waals surface area (Å²) in [6.07, 6.45) is 6.69. The fourth-order valence-corrected chi connectivity index (χ4v) is 5.42. The van der Waals surface area contributed by atoms with Crippen LogP contribution in [-0.2, 0) is 11.3 Å². The highest BCUT2D eigenvalue weighted by molar-refractivity contribution is 6.31. The zero-order valence-electron chi connectivity index (χ0n) is 18.6. The van der Waals surface area contributed by atoms with E-state index in [0.29, 0.717) is 22.5 Å². The average molecular weight is 451 g/mol. The smallest absolute Gasteiger partial charge is 0.329 e. The van der Waals surface area contributed by atoms with Crippen LogP contribution >= 0.6 is 11.6 Å². The first-order chi connectivity index (χ1) is 14.7. The Labute approximate surface area is 187 Å². The number of nitrogens with one attached hydrogen (secondary N) is 1. The van der Waals surface area contributed by atoms with E-state index in [1.807, 2.05) is 0 Å². The lowest BCUT2D eigenvalue weighted by Gasteiger charge is -2.43. The van der Waals surface area contributed by atoms with Crippen molar-refractivity contribution in [3.63, 3.8) is 0 Å². The molecule has 1 aliphatic carbocycles. The molecule has 1 aromatic carbocycles. The number of piperidine rings is 1. The molecular weight excluding hydrogens is 419 g/mol. The average Bonchev–Trinajstić information content (AvgIpc) is 2.99. The number of fused-ring (bicyclic) bond motifs is 1. The summed E-state index contributed by atoms with van der Waals surface area (Å²) in [5.74, 6) is -0.890. The van der Waals surface area contributed by atoms with Crippen molar-refractivity contribution in [1.29, 1.82) is 0 Å². The molecule has 2 fully saturated rings. The van der Waals surface area contributed by atoms with Crippen LogP contribution in [0.5, 0.6) is 0 Å². The molecular formula is C23H32ClFN4O2. The second-order valence-corrected chi connectivity index (χ2v) is 10.2. The second-order valence-electron chi connectivity index (χ2n) is 9.83. The molecule has 8 heteroatoms. The summed E-state index contributed by atoms with van der Waals surface area (Å²) in [7, 11) is 1.52. The van der Waals surface area contributed by atoms with Gasteiger partial charge in [0.15, 0.2) is 0 Å². The fraction of sp³-hybridized carbons (Fsp3) is 0.652. The van der Waals surface area contributed by atoms with Gasteiger partial charge < -0.3 is 10.2 Å². The topological polar surface area (TPSA) is 59.3 Å². The molecule has 2 aromatic rings. The van der Waals surface area contributed by atoms with Gasteiger partial charge in [0.1, 0.15) is 12.4 Å². The number of nitrogens with zero attached hydrogens (tertiary/aromatic N) is 3. The lowest BCUT2D eigenvalue weighted by atomic mass is 9.75. The van der Waals surface area contributed by atoms with E-state index in [2.05, 4.69) is 24.1 Å². The summed E-state index contributed by atoms with van der Waals surface area (Å²) >= 11 is 6.05. The van der Waals surface area contributed by atoms with E-state index in [0.717, 1.165) is 25.9 Å². The number of hydrogen-bond acceptors (Lipinski definition) is 3. The molecule has 2 heterocycles. The van der Waals surface area contributed by atoms with Crippen molar-refractivity contribution in [1.82, 2.24) is 19.4 Å². The van der Waals surface area contributed by atoms with Gasteiger partial charge in [-0.1, -0.05) is 25.4 Å². The Bertz CT molecular complexity index is 1030. The number of hydrogen-bond donors (Lipinski definition) is 1. The largest absolute Gasteiger partial charge is 0.358 e. The first kappa shape index (κ1) is 22.3. The van der Waals surface area contributed by atoms with Crippen molar-refractivity contribution in [3.05, 3.63) is 33.5 Å². The van der Waals surface area contributed by atoms with E-state index in [1.165, 1.54) is 49.4 Å². The van der Waals surface area contributed by atoms with Crippen molar-refractivity contribution in [2.24, 2.45) is 5.41 Å². The molecule has 1 aromatic heterocycles. The van der Waals surface area contributed by atoms with Crippen LogP contribution in [0.1, 0.15) is 58.4 Å². The molecule has 1 amide bonds. The third kappa shape index (κ3) is 4.40. The molecule has 0 atom stereocenters. The molecule has 6 nitrogen and oxygen atoms in total. The maximum Gasteiger partial charge on any atom is 0.329 e. The Morgan fingerprint density at radius 3 is 2.39 bits per heavy atom. The fourth-order valence-electron chi connectivity index (χ4n) is 5.26. The number of amides is 1. The van der Waals surface area contributed by atoms with Gasteiger partial charge in [0.2, 0.25) is 5.91 Å². The number of carbonyl (C=O) groups is 1. The second kappa shape index (κ2) is 8.58. The molecule has 0 radical (unpaired) electrons. The zero-order valence-corrected chi connectivity index (χ0v) is 19.3. The van der Waals surface area contributed by atoms with Gasteiger partial charge in [0.25, 0.3) is 0 Å². The standard InChI is InChI=1S/C23H32ClFN4O2/c1-23(2)8-4-15(5-9-23)27-10-6-16(7-11-27)29-20-12-17(24)18(25)13-19(20)28(22(29)31)14-21(30)26-3/h12-13,15-16H,4-11,14H2,1-3H3,(H,26,30). The van der Waals surface area contributed by atoms with Crippen LogP contribution in [0.25, 0.3) is 11.0 Å². The van der Waals surface area contributed by atoms with Crippen LogP contribution in [0.15, 0.2) is 16.9 Å². The van der Waals surface area contributed by atoms with Crippen molar-refractivity contribution >= 4 is 28.5 Å². The number of carbonyl (C=O) groups excluding carboxylic acids is 1. The van der Waals surface area contributed by atoms with Gasteiger partial charge in [-0.2, -0.15) is 0 Å². The van der Waals surface area contributed by atoms with E-state index in [1.54, 1.807) is 4.57 Å². The van der Waals surface area contributed by atoms with Crippen LogP contribution < -0.4 is 11.0 Å². The Hall–Kier alpha value is -1.86. The highest BCUT2D eigenvalue weighted by atomic mass is 35.5. The molecule has 31 heavy (non-hydrogen) atoms. The van der Waals surface area contributed by atoms with Crippen LogP contribution in [0.4, 0.5) is 4.39 Å². The SMILES string of the molecule is CNC(=O)Cn1c(=O)n(C2CCN(C3CCC(C)(C)CC3)CC2)c2cc(Cl)c(F)cc21. The van der Waals surface area contributed by atoms with Gasteiger partial charge in [0, 0.05) is 38.3 Å². The number of imidazole rings is 1. The summed E-state index contributed by atoms with van der Waals surface area (Å²) in [4.78, 5) is 27.8. The van der Waals surface area contributed by atoms with E-state index >= 15 is 0 Å². The maximum absolute atomic E-state index is 14.2. The molecule has 4 rings (SSSR count). The molecule has 1 aliphatic heterocycles. The molecule has 0 unspecified atom stereocenters. The van der Waals surface area contributed by atoms with Gasteiger partial charge in [0.05, 0.1) is 16.1 Å². The minimum absolute atomic E-state index is 0.0127. The summed E-state index contributed by atoms with van der Waals surface area (Å²) < 4.78 is 17.3. The number of halogens is 2. The monoisotopic (exact) mass is 450 g/mol. The van der Waals surface area contributed by atoms with E-state index in [9.17, 15) is 14.0 Å². The third-order valence-electron chi connectivity index (χ3n) is 7.27. The molecule has 0 bridgehead atoms. The summed E-state index contributed by atoms with van der Waals surface area (Å²) in [6.45, 7) is 6.45. The number of aromatic nitrogens is 2. The van der Waals surface area contributed by atoms with E-state index < -0.39 is 5.82 Å². The molecule has 1 saturated heterocycles. The minimum atomic E-state index is -0.591. The quantitative estimate of drug-likeness (QED) is 0.767. The zero-order chi connectivity index (χ0) is 22.3. The predicted octanol–water partition coefficient (Wildman–Crippen LogP) is 3.95. The lowest BCUT2D eigenvalue weighted by Crippen LogP contribution is -2.45. The summed E-state index contributed by atoms with van der Waals surface area (Å²) in [5.41, 5.74) is 1.17. The third-order valence-corrected chi connectivity index (χ3v) is 7.56. The molecule has 170 valence electrons. The van der Waals surface area contributed by atoms with Crippen molar-refractivity contribution in [2.45, 2.75) is 71.0 Å². The maximum atomic E-state index is 14.2. The number of likely N-dealkylation sites (tertiary alicyclic amines) is 1. The summed E-state index contributed by atoms with van der Waals surface area (Å²) in [6, 6.07) is 3.42. The lowest BCUT2D eigenvalue weighted by molar-refractivity contribution is -0.121. The summed E-state index contributed by atoms with van der Waals surface area (Å²) in [5, 5.41) is 2.52. The van der Waals surface area contributed by atoms with Crippen LogP contribution in [0.3, 0.4) is 0 Å². The number of rotatable bonds is 4. The normalized spacial score (nSPS) is 20.9. The predicted molar refractivity (Wildman–Crippen MR) is 121 cm³/mol. The van der Waals surface area contributed by atoms with Gasteiger partial charge in [-0.25, -0.2) is 9.18 Å². The van der Waals surface area contributed by atoms with Crippen molar-refractivity contribution in [2.75, 3.05) is 20.1 Å². The number of benzene rings is 1. The first-order valence-electron chi connectivity index (χ1n) is 11.2. The first-order valence-corrected chi connectivity index (χ1v) is 11.6. The molecule has 0 spiro atoms. The van der Waals surface area contributed by atoms with Gasteiger partial charge in [-0.05, 0) is 50.0 Å². The molecule has 1 N–H and O–H groups in total.